The molecule has 0 bridgehead atoms. The molecule has 2 amide bonds. The van der Waals surface area contributed by atoms with E-state index >= 15 is 0 Å². The standard InChI is InChI=1S/C15H23ClN4O4/c1-3-7-24-11-8-20(15(22)23)6-5-10(11)18-14(21)13-17-9(4-2)12(16)19-13/h10-11H,3-8H2,1-2H3,(H,17,19)(H,18,21)(H,22,23)/t10-,11+/m0/s1. The largest absolute Gasteiger partial charge is 0.465 e. The molecular weight excluding hydrogens is 336 g/mol. The Kier molecular flexibility index (Phi) is 6.44. The number of nitrogens with one attached hydrogen (secondary N) is 2. The number of rotatable bonds is 6. The van der Waals surface area contributed by atoms with Crippen LogP contribution in [0.2, 0.25) is 5.15 Å². The third-order valence-electron chi connectivity index (χ3n) is 3.98. The molecule has 0 spiro atoms. The minimum atomic E-state index is -0.977. The van der Waals surface area contributed by atoms with E-state index in [1.165, 1.54) is 4.90 Å². The van der Waals surface area contributed by atoms with Gasteiger partial charge in [-0.15, -0.1) is 0 Å². The highest BCUT2D eigenvalue weighted by Crippen LogP contribution is 2.17. The summed E-state index contributed by atoms with van der Waals surface area (Å²) in [5.41, 5.74) is 0.710. The second kappa shape index (κ2) is 8.34. The number of hydrogen-bond acceptors (Lipinski definition) is 4. The lowest BCUT2D eigenvalue weighted by Crippen LogP contribution is -2.56. The molecule has 1 fully saturated rings. The molecule has 1 aliphatic rings. The molecule has 1 saturated heterocycles. The van der Waals surface area contributed by atoms with Crippen LogP contribution >= 0.6 is 11.6 Å². The van der Waals surface area contributed by atoms with Crippen LogP contribution < -0.4 is 5.32 Å². The van der Waals surface area contributed by atoms with Crippen LogP contribution in [0.5, 0.6) is 0 Å². The van der Waals surface area contributed by atoms with Crippen molar-refractivity contribution in [3.05, 3.63) is 16.7 Å². The van der Waals surface area contributed by atoms with Gasteiger partial charge in [-0.25, -0.2) is 9.78 Å². The molecule has 0 saturated carbocycles. The Labute approximate surface area is 145 Å². The molecule has 24 heavy (non-hydrogen) atoms. The number of ether oxygens (including phenoxy) is 1. The quantitative estimate of drug-likeness (QED) is 0.719. The first-order chi connectivity index (χ1) is 11.5. The van der Waals surface area contributed by atoms with E-state index in [2.05, 4.69) is 15.3 Å². The van der Waals surface area contributed by atoms with Crippen LogP contribution in [0.1, 0.15) is 43.0 Å². The Morgan fingerprint density at radius 2 is 2.25 bits per heavy atom. The Hall–Kier alpha value is -1.80. The fourth-order valence-corrected chi connectivity index (χ4v) is 2.93. The number of aryl methyl sites for hydroxylation is 1. The fourth-order valence-electron chi connectivity index (χ4n) is 2.66. The number of aromatic nitrogens is 2. The van der Waals surface area contributed by atoms with E-state index in [0.29, 0.717) is 36.8 Å². The number of likely N-dealkylation sites (tertiary alicyclic amines) is 1. The number of imidazole rings is 1. The minimum absolute atomic E-state index is 0.159. The monoisotopic (exact) mass is 358 g/mol. The summed E-state index contributed by atoms with van der Waals surface area (Å²) in [6.45, 7) is 4.99. The zero-order valence-electron chi connectivity index (χ0n) is 13.8. The molecule has 3 N–H and O–H groups in total. The second-order valence-corrected chi connectivity index (χ2v) is 6.07. The van der Waals surface area contributed by atoms with Gasteiger partial charge in [0.1, 0.15) is 0 Å². The maximum absolute atomic E-state index is 12.4. The number of piperidine rings is 1. The van der Waals surface area contributed by atoms with Crippen LogP contribution in [0.25, 0.3) is 0 Å². The number of carbonyl (C=O) groups excluding carboxylic acids is 1. The summed E-state index contributed by atoms with van der Waals surface area (Å²) in [6.07, 6.45) is 0.600. The molecular formula is C15H23ClN4O4. The second-order valence-electron chi connectivity index (χ2n) is 5.71. The average Bonchev–Trinajstić information content (AvgIpc) is 2.94. The van der Waals surface area contributed by atoms with E-state index in [4.69, 9.17) is 21.4 Å². The van der Waals surface area contributed by atoms with Gasteiger partial charge in [-0.3, -0.25) is 4.79 Å². The Morgan fingerprint density at radius 3 is 2.83 bits per heavy atom. The van der Waals surface area contributed by atoms with Gasteiger partial charge in [-0.05, 0) is 19.3 Å². The summed E-state index contributed by atoms with van der Waals surface area (Å²) in [5.74, 6) is -0.206. The van der Waals surface area contributed by atoms with Crippen molar-refractivity contribution in [3.8, 4) is 0 Å². The van der Waals surface area contributed by atoms with Crippen LogP contribution in [-0.2, 0) is 11.2 Å². The zero-order valence-corrected chi connectivity index (χ0v) is 14.6. The number of carboxylic acid groups (broad SMARTS) is 1. The summed E-state index contributed by atoms with van der Waals surface area (Å²) in [5, 5.41) is 12.3. The number of aromatic amines is 1. The molecule has 2 atom stereocenters. The summed E-state index contributed by atoms with van der Waals surface area (Å²) >= 11 is 5.96. The molecule has 0 aromatic carbocycles. The van der Waals surface area contributed by atoms with Gasteiger partial charge in [0, 0.05) is 13.2 Å². The first kappa shape index (κ1) is 18.5. The average molecular weight is 359 g/mol. The van der Waals surface area contributed by atoms with Gasteiger partial charge in [0.05, 0.1) is 24.4 Å². The highest BCUT2D eigenvalue weighted by atomic mass is 35.5. The Morgan fingerprint density at radius 1 is 1.50 bits per heavy atom. The predicted octanol–water partition coefficient (Wildman–Crippen LogP) is 1.90. The predicted molar refractivity (Wildman–Crippen MR) is 88.5 cm³/mol. The summed E-state index contributed by atoms with van der Waals surface area (Å²) < 4.78 is 5.74. The van der Waals surface area contributed by atoms with Crippen molar-refractivity contribution in [2.24, 2.45) is 0 Å². The third-order valence-corrected chi connectivity index (χ3v) is 4.29. The summed E-state index contributed by atoms with van der Waals surface area (Å²) in [4.78, 5) is 31.8. The SMILES string of the molecule is CCCO[C@@H]1CN(C(=O)O)CC[C@@H]1NC(=O)c1nc(Cl)c(CC)[nH]1. The molecule has 134 valence electrons. The van der Waals surface area contributed by atoms with Gasteiger partial charge in [0.25, 0.3) is 5.91 Å². The first-order valence-corrected chi connectivity index (χ1v) is 8.48. The lowest BCUT2D eigenvalue weighted by Gasteiger charge is -2.37. The molecule has 0 unspecified atom stereocenters. The van der Waals surface area contributed by atoms with Gasteiger partial charge in [0.15, 0.2) is 11.0 Å². The summed E-state index contributed by atoms with van der Waals surface area (Å²) in [6, 6.07) is -0.270. The van der Waals surface area contributed by atoms with E-state index in [1.807, 2.05) is 13.8 Å². The maximum atomic E-state index is 12.4. The van der Waals surface area contributed by atoms with Gasteiger partial charge < -0.3 is 25.0 Å². The van der Waals surface area contributed by atoms with Crippen molar-refractivity contribution in [1.82, 2.24) is 20.2 Å². The lowest BCUT2D eigenvalue weighted by molar-refractivity contribution is -0.0162. The number of H-pyrrole nitrogens is 1. The Balaban J connectivity index is 2.04. The lowest BCUT2D eigenvalue weighted by atomic mass is 10.0. The van der Waals surface area contributed by atoms with E-state index in [-0.39, 0.29) is 30.4 Å². The van der Waals surface area contributed by atoms with Gasteiger partial charge in [-0.1, -0.05) is 25.4 Å². The van der Waals surface area contributed by atoms with Crippen LogP contribution in [0.4, 0.5) is 4.79 Å². The molecule has 1 aliphatic heterocycles. The normalized spacial score (nSPS) is 20.9. The van der Waals surface area contributed by atoms with Crippen molar-refractivity contribution in [3.63, 3.8) is 0 Å². The van der Waals surface area contributed by atoms with Crippen LogP contribution in [0.15, 0.2) is 0 Å². The summed E-state index contributed by atoms with van der Waals surface area (Å²) in [7, 11) is 0. The van der Waals surface area contributed by atoms with E-state index in [9.17, 15) is 9.59 Å². The van der Waals surface area contributed by atoms with Crippen LogP contribution in [-0.4, -0.2) is 63.8 Å². The van der Waals surface area contributed by atoms with Gasteiger partial charge in [0.2, 0.25) is 0 Å². The first-order valence-electron chi connectivity index (χ1n) is 8.10. The topological polar surface area (TPSA) is 108 Å². The number of carbonyl (C=O) groups is 2. The van der Waals surface area contributed by atoms with Crippen molar-refractivity contribution in [2.75, 3.05) is 19.7 Å². The molecule has 1 aromatic rings. The minimum Gasteiger partial charge on any atom is -0.465 e. The van der Waals surface area contributed by atoms with Crippen molar-refractivity contribution >= 4 is 23.6 Å². The molecule has 1 aromatic heterocycles. The number of halogens is 1. The fraction of sp³-hybridized carbons (Fsp3) is 0.667. The molecule has 8 nitrogen and oxygen atoms in total. The zero-order chi connectivity index (χ0) is 17.7. The van der Waals surface area contributed by atoms with E-state index < -0.39 is 6.09 Å². The van der Waals surface area contributed by atoms with Gasteiger partial charge in [-0.2, -0.15) is 0 Å². The number of hydrogen-bond donors (Lipinski definition) is 3. The maximum Gasteiger partial charge on any atom is 0.407 e. The molecule has 0 aliphatic carbocycles. The van der Waals surface area contributed by atoms with Gasteiger partial charge >= 0.3 is 6.09 Å². The van der Waals surface area contributed by atoms with Crippen molar-refractivity contribution in [2.45, 2.75) is 45.3 Å². The third kappa shape index (κ3) is 4.39. The smallest absolute Gasteiger partial charge is 0.407 e. The Bertz CT molecular complexity index is 592. The van der Waals surface area contributed by atoms with Crippen molar-refractivity contribution in [1.29, 1.82) is 0 Å². The van der Waals surface area contributed by atoms with E-state index in [1.54, 1.807) is 0 Å². The molecule has 0 radical (unpaired) electrons. The molecule has 9 heteroatoms. The van der Waals surface area contributed by atoms with Crippen LogP contribution in [0, 0.1) is 0 Å². The number of amides is 2. The number of nitrogens with zero attached hydrogens (tertiary/aromatic N) is 2. The van der Waals surface area contributed by atoms with Crippen LogP contribution in [0.3, 0.4) is 0 Å². The van der Waals surface area contributed by atoms with E-state index in [0.717, 1.165) is 6.42 Å². The van der Waals surface area contributed by atoms with Crippen molar-refractivity contribution < 1.29 is 19.4 Å². The highest BCUT2D eigenvalue weighted by molar-refractivity contribution is 6.30. The highest BCUT2D eigenvalue weighted by Gasteiger charge is 2.33. The molecule has 2 heterocycles. The molecule has 2 rings (SSSR count).